The van der Waals surface area contributed by atoms with Crippen molar-refractivity contribution in [3.63, 3.8) is 0 Å². The number of carbonyl (C=O) groups excluding carboxylic acids is 1. The van der Waals surface area contributed by atoms with Gasteiger partial charge in [0, 0.05) is 13.0 Å². The zero-order valence-corrected chi connectivity index (χ0v) is 9.21. The molecule has 4 radical (unpaired) electrons. The number of ketones is 1. The van der Waals surface area contributed by atoms with Crippen molar-refractivity contribution in [1.82, 2.24) is 0 Å². The van der Waals surface area contributed by atoms with Crippen LogP contribution in [0.15, 0.2) is 60.7 Å². The fourth-order valence-corrected chi connectivity index (χ4v) is 1.55. The first-order valence-electron chi connectivity index (χ1n) is 5.11. The molecule has 2 aromatic rings. The first-order chi connectivity index (χ1) is 7.79. The van der Waals surface area contributed by atoms with Gasteiger partial charge in [-0.3, -0.25) is 4.79 Å². The van der Waals surface area contributed by atoms with Crippen LogP contribution in [0.1, 0.15) is 22.0 Å². The van der Waals surface area contributed by atoms with E-state index < -0.39 is 6.10 Å². The molecule has 2 rings (SSSR count). The molecule has 0 aliphatic carbocycles. The van der Waals surface area contributed by atoms with Crippen molar-refractivity contribution in [1.29, 1.82) is 0 Å². The molecule has 1 unspecified atom stereocenters. The lowest BCUT2D eigenvalue weighted by molar-refractivity contribution is 0.0747. The largest absolute Gasteiger partial charge is 0.380 e. The van der Waals surface area contributed by atoms with Crippen LogP contribution >= 0.6 is 0 Å². The summed E-state index contributed by atoms with van der Waals surface area (Å²) in [6.07, 6.45) is -1.08. The lowest BCUT2D eigenvalue weighted by Gasteiger charge is -2.09. The summed E-state index contributed by atoms with van der Waals surface area (Å²) in [5.41, 5.74) is 1.15. The number of aliphatic hydroxyl groups excluding tert-OH is 1. The Kier molecular flexibility index (Phi) is 4.61. The molecule has 0 saturated carbocycles. The van der Waals surface area contributed by atoms with E-state index in [4.69, 9.17) is 0 Å². The summed E-state index contributed by atoms with van der Waals surface area (Å²) in [7, 11) is 0. The van der Waals surface area contributed by atoms with E-state index >= 15 is 0 Å². The highest BCUT2D eigenvalue weighted by Crippen LogP contribution is 2.17. The summed E-state index contributed by atoms with van der Waals surface area (Å²) in [6, 6.07) is 17.7. The Labute approximate surface area is 102 Å². The van der Waals surface area contributed by atoms with Crippen LogP contribution in [0, 0.1) is 7.43 Å². The second kappa shape index (κ2) is 5.97. The Hall–Kier alpha value is -1.93. The Morgan fingerprint density at radius 1 is 0.882 bits per heavy atom. The normalized spacial score (nSPS) is 11.4. The van der Waals surface area contributed by atoms with Gasteiger partial charge in [-0.25, -0.2) is 0 Å². The number of Topliss-reactive ketones (excluding diaryl/α,β-unsaturated/α-hetero) is 1. The summed E-state index contributed by atoms with van der Waals surface area (Å²) in [6.45, 7) is 0. The maximum Gasteiger partial charge on any atom is 0.195 e. The summed E-state index contributed by atoms with van der Waals surface area (Å²) in [5, 5.41) is 9.89. The van der Waals surface area contributed by atoms with Gasteiger partial charge in [-0.2, -0.15) is 0 Å². The highest BCUT2D eigenvalue weighted by molar-refractivity contribution is 5.99. The van der Waals surface area contributed by atoms with Gasteiger partial charge in [0.25, 0.3) is 0 Å². The lowest BCUT2D eigenvalue weighted by atomic mass is 10.0. The molecular formula is C15H12O2. The van der Waals surface area contributed by atoms with Gasteiger partial charge in [0.05, 0.1) is 0 Å². The highest BCUT2D eigenvalue weighted by Gasteiger charge is 2.18. The Bertz CT molecular complexity index is 463. The molecule has 0 saturated heterocycles. The minimum Gasteiger partial charge on any atom is -0.380 e. The zero-order chi connectivity index (χ0) is 11.4. The molecule has 1 atom stereocenters. The predicted octanol–water partition coefficient (Wildman–Crippen LogP) is 2.68. The monoisotopic (exact) mass is 224 g/mol. The molecule has 17 heavy (non-hydrogen) atoms. The summed E-state index contributed by atoms with van der Waals surface area (Å²) < 4.78 is 0. The van der Waals surface area contributed by atoms with E-state index in [1.165, 1.54) is 0 Å². The molecule has 2 heteroatoms. The molecule has 0 aliphatic heterocycles. The Morgan fingerprint density at radius 3 is 1.88 bits per heavy atom. The van der Waals surface area contributed by atoms with Crippen LogP contribution in [0.5, 0.6) is 0 Å². The van der Waals surface area contributed by atoms with E-state index in [1.54, 1.807) is 48.5 Å². The van der Waals surface area contributed by atoms with Crippen molar-refractivity contribution in [2.75, 3.05) is 0 Å². The molecule has 0 amide bonds. The van der Waals surface area contributed by atoms with E-state index in [1.807, 2.05) is 12.1 Å². The third kappa shape index (κ3) is 3.02. The molecule has 0 aliphatic rings. The van der Waals surface area contributed by atoms with Crippen LogP contribution in [0.2, 0.25) is 0 Å². The lowest BCUT2D eigenvalue weighted by Crippen LogP contribution is -2.11. The van der Waals surface area contributed by atoms with Crippen molar-refractivity contribution in [2.45, 2.75) is 6.10 Å². The van der Waals surface area contributed by atoms with Gasteiger partial charge in [-0.1, -0.05) is 60.7 Å². The Morgan fingerprint density at radius 2 is 1.35 bits per heavy atom. The standard InChI is InChI=1S/C14H12O2.C/c15-13(11-7-3-1-4-8-11)14(16)12-9-5-2-6-10-12;/h1-10,13,15H;. The molecule has 0 aromatic heterocycles. The van der Waals surface area contributed by atoms with Crippen molar-refractivity contribution >= 4 is 5.78 Å². The third-order valence-corrected chi connectivity index (χ3v) is 2.42. The second-order valence-electron chi connectivity index (χ2n) is 3.54. The average molecular weight is 224 g/mol. The molecule has 0 fully saturated rings. The molecule has 84 valence electrons. The first kappa shape index (κ1) is 13.1. The number of hydrogen-bond acceptors (Lipinski definition) is 2. The van der Waals surface area contributed by atoms with Crippen LogP contribution in [0.25, 0.3) is 0 Å². The maximum atomic E-state index is 11.9. The molecule has 0 heterocycles. The first-order valence-corrected chi connectivity index (χ1v) is 5.11. The average Bonchev–Trinajstić information content (AvgIpc) is 2.39. The summed E-state index contributed by atoms with van der Waals surface area (Å²) >= 11 is 0. The number of carbonyl (C=O) groups is 1. The van der Waals surface area contributed by atoms with Gasteiger partial charge in [0.2, 0.25) is 0 Å². The van der Waals surface area contributed by atoms with Crippen molar-refractivity contribution in [3.8, 4) is 0 Å². The molecule has 0 bridgehead atoms. The molecule has 0 spiro atoms. The Balaban J connectivity index is 0.00000144. The van der Waals surface area contributed by atoms with Gasteiger partial charge in [-0.05, 0) is 5.56 Å². The fraction of sp³-hybridized carbons (Fsp3) is 0.0667. The molecule has 2 aromatic carbocycles. The zero-order valence-electron chi connectivity index (χ0n) is 9.21. The van der Waals surface area contributed by atoms with E-state index in [2.05, 4.69) is 0 Å². The number of hydrogen-bond donors (Lipinski definition) is 1. The third-order valence-electron chi connectivity index (χ3n) is 2.42. The van der Waals surface area contributed by atoms with Crippen molar-refractivity contribution < 1.29 is 9.90 Å². The number of aliphatic hydroxyl groups is 1. The maximum absolute atomic E-state index is 11.9. The molecule has 1 N–H and O–H groups in total. The second-order valence-corrected chi connectivity index (χ2v) is 3.54. The predicted molar refractivity (Wildman–Crippen MR) is 65.4 cm³/mol. The van der Waals surface area contributed by atoms with Crippen LogP contribution in [-0.2, 0) is 0 Å². The minimum absolute atomic E-state index is 0. The van der Waals surface area contributed by atoms with Crippen molar-refractivity contribution in [3.05, 3.63) is 79.2 Å². The van der Waals surface area contributed by atoms with Gasteiger partial charge < -0.3 is 5.11 Å². The SMILES string of the molecule is O=C(c1ccccc1)C(O)c1ccccc1.[C]. The number of benzene rings is 2. The minimum atomic E-state index is -1.08. The van der Waals surface area contributed by atoms with Crippen molar-refractivity contribution in [2.24, 2.45) is 0 Å². The van der Waals surface area contributed by atoms with Crippen LogP contribution < -0.4 is 0 Å². The number of rotatable bonds is 3. The molecular weight excluding hydrogens is 212 g/mol. The van der Waals surface area contributed by atoms with Gasteiger partial charge in [-0.15, -0.1) is 0 Å². The fourth-order valence-electron chi connectivity index (χ4n) is 1.55. The van der Waals surface area contributed by atoms with Gasteiger partial charge in [0.15, 0.2) is 5.78 Å². The van der Waals surface area contributed by atoms with Crippen LogP contribution in [0.4, 0.5) is 0 Å². The topological polar surface area (TPSA) is 37.3 Å². The summed E-state index contributed by atoms with van der Waals surface area (Å²) in [4.78, 5) is 11.9. The van der Waals surface area contributed by atoms with Crippen LogP contribution in [0.3, 0.4) is 0 Å². The quantitative estimate of drug-likeness (QED) is 0.814. The van der Waals surface area contributed by atoms with Crippen LogP contribution in [-0.4, -0.2) is 10.9 Å². The van der Waals surface area contributed by atoms with E-state index in [0.717, 1.165) is 0 Å². The van der Waals surface area contributed by atoms with E-state index in [9.17, 15) is 9.90 Å². The summed E-state index contributed by atoms with van der Waals surface area (Å²) in [5.74, 6) is -0.271. The molecule has 2 nitrogen and oxygen atoms in total. The highest BCUT2D eigenvalue weighted by atomic mass is 16.3. The van der Waals surface area contributed by atoms with E-state index in [0.29, 0.717) is 11.1 Å². The smallest absolute Gasteiger partial charge is 0.195 e. The van der Waals surface area contributed by atoms with Gasteiger partial charge >= 0.3 is 0 Å². The van der Waals surface area contributed by atoms with E-state index in [-0.39, 0.29) is 13.2 Å². The van der Waals surface area contributed by atoms with Gasteiger partial charge in [0.1, 0.15) is 6.10 Å².